The summed E-state index contributed by atoms with van der Waals surface area (Å²) in [4.78, 5) is 0. The highest BCUT2D eigenvalue weighted by Crippen LogP contribution is 2.59. The summed E-state index contributed by atoms with van der Waals surface area (Å²) < 4.78 is 0. The molecule has 1 nitrogen and oxygen atoms in total. The van der Waals surface area contributed by atoms with E-state index in [9.17, 15) is 0 Å². The Morgan fingerprint density at radius 3 is 1.80 bits per heavy atom. The van der Waals surface area contributed by atoms with Crippen molar-refractivity contribution < 1.29 is 0 Å². The largest absolute Gasteiger partial charge is 0.317 e. The van der Waals surface area contributed by atoms with E-state index in [0.29, 0.717) is 11.5 Å². The average Bonchev–Trinajstić information content (AvgIpc) is 2.41. The third-order valence-corrected chi connectivity index (χ3v) is 3.97. The predicted octanol–water partition coefficient (Wildman–Crippen LogP) is 1.89. The van der Waals surface area contributed by atoms with Crippen molar-refractivity contribution in [2.24, 2.45) is 17.3 Å². The first-order valence-electron chi connectivity index (χ1n) is 4.22. The summed E-state index contributed by atoms with van der Waals surface area (Å²) in [6, 6.07) is 0.664. The van der Waals surface area contributed by atoms with E-state index in [2.05, 4.69) is 33.0 Å². The van der Waals surface area contributed by atoms with Gasteiger partial charge in [-0.15, -0.1) is 0 Å². The van der Waals surface area contributed by atoms with Gasteiger partial charge in [0.15, 0.2) is 0 Å². The molecule has 0 aromatic rings. The molecule has 0 aliphatic heterocycles. The van der Waals surface area contributed by atoms with Crippen LogP contribution < -0.4 is 5.32 Å². The van der Waals surface area contributed by atoms with Gasteiger partial charge >= 0.3 is 0 Å². The molecule has 3 atom stereocenters. The lowest BCUT2D eigenvalue weighted by molar-refractivity contribution is 0.360. The van der Waals surface area contributed by atoms with Crippen LogP contribution in [-0.4, -0.2) is 13.1 Å². The molecule has 1 aliphatic rings. The lowest BCUT2D eigenvalue weighted by atomic mass is 9.96. The van der Waals surface area contributed by atoms with Gasteiger partial charge in [0.25, 0.3) is 0 Å². The maximum atomic E-state index is 3.33. The molecule has 0 aromatic carbocycles. The van der Waals surface area contributed by atoms with Crippen molar-refractivity contribution >= 4 is 0 Å². The van der Waals surface area contributed by atoms with E-state index >= 15 is 0 Å². The second-order valence-electron chi connectivity index (χ2n) is 3.95. The van der Waals surface area contributed by atoms with Crippen LogP contribution in [0.5, 0.6) is 0 Å². The van der Waals surface area contributed by atoms with Crippen LogP contribution in [0.4, 0.5) is 0 Å². The Bertz CT molecular complexity index is 123. The molecular weight excluding hydrogens is 122 g/mol. The molecule has 0 bridgehead atoms. The molecule has 1 saturated carbocycles. The van der Waals surface area contributed by atoms with E-state index < -0.39 is 0 Å². The van der Waals surface area contributed by atoms with Crippen molar-refractivity contribution in [1.82, 2.24) is 5.32 Å². The molecule has 60 valence electrons. The first-order chi connectivity index (χ1) is 4.55. The third kappa shape index (κ3) is 0.800. The fourth-order valence-corrected chi connectivity index (χ4v) is 2.12. The number of rotatable bonds is 2. The van der Waals surface area contributed by atoms with Gasteiger partial charge in [-0.25, -0.2) is 0 Å². The van der Waals surface area contributed by atoms with Gasteiger partial charge in [-0.1, -0.05) is 20.8 Å². The number of nitrogens with one attached hydrogen (secondary N) is 1. The standard InChI is InChI=1S/C9H19N/c1-6-7(2)9(6,4)8(3)10-5/h6-8,10H,1-5H3. The van der Waals surface area contributed by atoms with E-state index in [4.69, 9.17) is 0 Å². The van der Waals surface area contributed by atoms with Crippen molar-refractivity contribution in [3.8, 4) is 0 Å². The second kappa shape index (κ2) is 2.23. The van der Waals surface area contributed by atoms with E-state index in [1.807, 2.05) is 7.05 Å². The van der Waals surface area contributed by atoms with Crippen LogP contribution in [0.15, 0.2) is 0 Å². The Balaban J connectivity index is 2.56. The molecule has 3 unspecified atom stereocenters. The van der Waals surface area contributed by atoms with Gasteiger partial charge in [-0.2, -0.15) is 0 Å². The molecule has 0 amide bonds. The van der Waals surface area contributed by atoms with Gasteiger partial charge in [0.05, 0.1) is 0 Å². The zero-order valence-corrected chi connectivity index (χ0v) is 7.73. The molecule has 1 fully saturated rings. The smallest absolute Gasteiger partial charge is 0.00948 e. The zero-order valence-electron chi connectivity index (χ0n) is 7.73. The van der Waals surface area contributed by atoms with Crippen LogP contribution in [0.1, 0.15) is 27.7 Å². The van der Waals surface area contributed by atoms with Gasteiger partial charge in [-0.3, -0.25) is 0 Å². The first-order valence-corrected chi connectivity index (χ1v) is 4.22. The Morgan fingerprint density at radius 1 is 1.30 bits per heavy atom. The van der Waals surface area contributed by atoms with Crippen molar-refractivity contribution in [2.75, 3.05) is 7.05 Å². The topological polar surface area (TPSA) is 12.0 Å². The quantitative estimate of drug-likeness (QED) is 0.619. The fourth-order valence-electron chi connectivity index (χ4n) is 2.12. The van der Waals surface area contributed by atoms with Crippen LogP contribution in [0.3, 0.4) is 0 Å². The van der Waals surface area contributed by atoms with Gasteiger partial charge in [-0.05, 0) is 31.2 Å². The molecule has 1 rings (SSSR count). The molecule has 0 radical (unpaired) electrons. The molecular formula is C9H19N. The van der Waals surface area contributed by atoms with Gasteiger partial charge in [0, 0.05) is 6.04 Å². The van der Waals surface area contributed by atoms with E-state index in [-0.39, 0.29) is 0 Å². The normalized spacial score (nSPS) is 48.9. The van der Waals surface area contributed by atoms with Gasteiger partial charge in [0.1, 0.15) is 0 Å². The summed E-state index contributed by atoms with van der Waals surface area (Å²) >= 11 is 0. The van der Waals surface area contributed by atoms with Gasteiger partial charge < -0.3 is 5.32 Å². The SMILES string of the molecule is CNC(C)C1(C)C(C)C1C. The van der Waals surface area contributed by atoms with Gasteiger partial charge in [0.2, 0.25) is 0 Å². The van der Waals surface area contributed by atoms with Crippen molar-refractivity contribution in [2.45, 2.75) is 33.7 Å². The highest BCUT2D eigenvalue weighted by molar-refractivity contribution is 5.08. The Morgan fingerprint density at radius 2 is 1.70 bits per heavy atom. The summed E-state index contributed by atoms with van der Waals surface area (Å²) in [7, 11) is 2.05. The number of hydrogen-bond donors (Lipinski definition) is 1. The lowest BCUT2D eigenvalue weighted by Crippen LogP contribution is -2.31. The lowest BCUT2D eigenvalue weighted by Gasteiger charge is -2.19. The van der Waals surface area contributed by atoms with Crippen LogP contribution in [-0.2, 0) is 0 Å². The molecule has 10 heavy (non-hydrogen) atoms. The Labute approximate surface area is 64.2 Å². The summed E-state index contributed by atoms with van der Waals surface area (Å²) in [5.74, 6) is 1.80. The van der Waals surface area contributed by atoms with Crippen molar-refractivity contribution in [3.63, 3.8) is 0 Å². The summed E-state index contributed by atoms with van der Waals surface area (Å²) in [6.07, 6.45) is 0. The average molecular weight is 141 g/mol. The monoisotopic (exact) mass is 141 g/mol. The molecule has 1 heteroatoms. The summed E-state index contributed by atoms with van der Waals surface area (Å²) in [5, 5.41) is 3.33. The summed E-state index contributed by atoms with van der Waals surface area (Å²) in [6.45, 7) is 9.35. The summed E-state index contributed by atoms with van der Waals surface area (Å²) in [5.41, 5.74) is 0.564. The van der Waals surface area contributed by atoms with Crippen molar-refractivity contribution in [3.05, 3.63) is 0 Å². The molecule has 0 aromatic heterocycles. The van der Waals surface area contributed by atoms with E-state index in [0.717, 1.165) is 11.8 Å². The first kappa shape index (κ1) is 8.06. The zero-order chi connectivity index (χ0) is 7.94. The molecule has 1 aliphatic carbocycles. The van der Waals surface area contributed by atoms with E-state index in [1.165, 1.54) is 0 Å². The predicted molar refractivity (Wildman–Crippen MR) is 45.0 cm³/mol. The van der Waals surface area contributed by atoms with E-state index in [1.54, 1.807) is 0 Å². The molecule has 1 N–H and O–H groups in total. The molecule has 0 saturated heterocycles. The maximum absolute atomic E-state index is 3.33. The van der Waals surface area contributed by atoms with Crippen LogP contribution in [0.25, 0.3) is 0 Å². The number of hydrogen-bond acceptors (Lipinski definition) is 1. The van der Waals surface area contributed by atoms with Crippen LogP contribution in [0.2, 0.25) is 0 Å². The minimum absolute atomic E-state index is 0.564. The Hall–Kier alpha value is -0.0400. The highest BCUT2D eigenvalue weighted by atomic mass is 14.9. The molecule has 0 heterocycles. The van der Waals surface area contributed by atoms with Crippen LogP contribution >= 0.6 is 0 Å². The molecule has 0 spiro atoms. The maximum Gasteiger partial charge on any atom is 0.00948 e. The highest BCUT2D eigenvalue weighted by Gasteiger charge is 2.57. The second-order valence-corrected chi connectivity index (χ2v) is 3.95. The van der Waals surface area contributed by atoms with Crippen LogP contribution in [0, 0.1) is 17.3 Å². The Kier molecular flexibility index (Phi) is 1.80. The fraction of sp³-hybridized carbons (Fsp3) is 1.00. The minimum Gasteiger partial charge on any atom is -0.317 e. The van der Waals surface area contributed by atoms with Crippen molar-refractivity contribution in [1.29, 1.82) is 0 Å². The minimum atomic E-state index is 0.564. The third-order valence-electron chi connectivity index (χ3n) is 3.97.